The Morgan fingerprint density at radius 1 is 1.50 bits per heavy atom. The molecule has 0 aliphatic heterocycles. The molecule has 1 heterocycles. The van der Waals surface area contributed by atoms with Gasteiger partial charge in [-0.15, -0.1) is 4.39 Å². The van der Waals surface area contributed by atoms with Crippen LogP contribution in [0.2, 0.25) is 0 Å². The summed E-state index contributed by atoms with van der Waals surface area (Å²) in [7, 11) is 0. The highest BCUT2D eigenvalue weighted by Gasteiger charge is 2.23. The largest absolute Gasteiger partial charge is 1.00 e. The van der Waals surface area contributed by atoms with Gasteiger partial charge < -0.3 is 22.7 Å². The molecule has 1 saturated carbocycles. The zero-order valence-electron chi connectivity index (χ0n) is 7.92. The number of nitrogens with zero attached hydrogens (tertiary/aromatic N) is 1. The van der Waals surface area contributed by atoms with Crippen molar-refractivity contribution in [2.75, 3.05) is 5.73 Å². The number of aromatic nitrogens is 1. The van der Waals surface area contributed by atoms with Gasteiger partial charge in [0.1, 0.15) is 0 Å². The van der Waals surface area contributed by atoms with E-state index in [1.165, 1.54) is 25.3 Å². The molecule has 0 atom stereocenters. The molecule has 4 heteroatoms. The third-order valence-corrected chi connectivity index (χ3v) is 2.69. The van der Waals surface area contributed by atoms with Gasteiger partial charge in [-0.3, -0.25) is 0 Å². The lowest BCUT2D eigenvalue weighted by Crippen LogP contribution is -3.00. The van der Waals surface area contributed by atoms with Crippen LogP contribution < -0.4 is 27.3 Å². The number of nitrogens with two attached hydrogens (primary N) is 1. The number of halogens is 2. The predicted octanol–water partition coefficient (Wildman–Crippen LogP) is -1.50. The van der Waals surface area contributed by atoms with Crippen LogP contribution in [0.25, 0.3) is 0 Å². The summed E-state index contributed by atoms with van der Waals surface area (Å²) in [5.74, 6) is 0.440. The Labute approximate surface area is 93.7 Å². The van der Waals surface area contributed by atoms with Crippen LogP contribution >= 0.6 is 0 Å². The van der Waals surface area contributed by atoms with Crippen molar-refractivity contribution in [2.24, 2.45) is 5.92 Å². The molecule has 0 aromatic carbocycles. The van der Waals surface area contributed by atoms with Crippen LogP contribution in [0, 0.1) is 11.9 Å². The van der Waals surface area contributed by atoms with Gasteiger partial charge in [0.2, 0.25) is 0 Å². The second kappa shape index (κ2) is 4.73. The number of rotatable bonds is 2. The molecule has 1 fully saturated rings. The summed E-state index contributed by atoms with van der Waals surface area (Å²) in [4.78, 5) is 0. The summed E-state index contributed by atoms with van der Waals surface area (Å²) in [5, 5.41) is 0. The zero-order valence-corrected chi connectivity index (χ0v) is 9.50. The van der Waals surface area contributed by atoms with Gasteiger partial charge in [0.05, 0.1) is 6.07 Å². The molecule has 0 unspecified atom stereocenters. The van der Waals surface area contributed by atoms with Crippen LogP contribution in [0.1, 0.15) is 19.3 Å². The topological polar surface area (TPSA) is 29.9 Å². The molecule has 2 nitrogen and oxygen atoms in total. The van der Waals surface area contributed by atoms with Gasteiger partial charge in [-0.1, -0.05) is 6.42 Å². The first-order valence-corrected chi connectivity index (χ1v) is 4.70. The van der Waals surface area contributed by atoms with Gasteiger partial charge >= 0.3 is 5.95 Å². The fourth-order valence-electron chi connectivity index (χ4n) is 1.62. The fourth-order valence-corrected chi connectivity index (χ4v) is 1.62. The fraction of sp³-hybridized carbons (Fsp3) is 0.500. The molecule has 1 aliphatic carbocycles. The highest BCUT2D eigenvalue weighted by atomic mass is 79.9. The number of hydrogen-bond donors (Lipinski definition) is 1. The number of pyridine rings is 1. The van der Waals surface area contributed by atoms with Crippen LogP contribution in [-0.4, -0.2) is 0 Å². The Balaban J connectivity index is 0.000000980. The number of nitrogen functional groups attached to an aromatic ring is 1. The van der Waals surface area contributed by atoms with Crippen molar-refractivity contribution < 1.29 is 25.9 Å². The first-order valence-electron chi connectivity index (χ1n) is 4.70. The first-order chi connectivity index (χ1) is 6.25. The lowest BCUT2D eigenvalue weighted by molar-refractivity contribution is -0.731. The normalized spacial score (nSPS) is 15.8. The van der Waals surface area contributed by atoms with E-state index in [0.717, 1.165) is 6.54 Å². The van der Waals surface area contributed by atoms with Crippen LogP contribution in [0.4, 0.5) is 10.1 Å². The molecule has 78 valence electrons. The monoisotopic (exact) mass is 260 g/mol. The molecule has 2 N–H and O–H groups in total. The van der Waals surface area contributed by atoms with Crippen LogP contribution in [0.15, 0.2) is 18.3 Å². The Bertz CT molecular complexity index is 313. The van der Waals surface area contributed by atoms with E-state index in [-0.39, 0.29) is 22.9 Å². The molecule has 0 spiro atoms. The molecule has 2 rings (SSSR count). The third kappa shape index (κ3) is 2.44. The smallest absolute Gasteiger partial charge is 0.361 e. The first kappa shape index (κ1) is 11.4. The van der Waals surface area contributed by atoms with Gasteiger partial charge in [0.15, 0.2) is 12.7 Å². The van der Waals surface area contributed by atoms with E-state index in [1.807, 2.05) is 0 Å². The molecule has 14 heavy (non-hydrogen) atoms. The average Bonchev–Trinajstić information content (AvgIpc) is 1.99. The summed E-state index contributed by atoms with van der Waals surface area (Å²) in [6.07, 6.45) is 5.48. The summed E-state index contributed by atoms with van der Waals surface area (Å²) in [6, 6.07) is 3.11. The molecule has 1 aromatic heterocycles. The van der Waals surface area contributed by atoms with E-state index in [2.05, 4.69) is 0 Å². The molecule has 0 amide bonds. The summed E-state index contributed by atoms with van der Waals surface area (Å²) in [6.45, 7) is 0.798. The Kier molecular flexibility index (Phi) is 3.86. The maximum Gasteiger partial charge on any atom is 0.361 e. The number of anilines is 1. The van der Waals surface area contributed by atoms with Gasteiger partial charge in [0, 0.05) is 17.7 Å². The molecular formula is C10H14BrFN2. The Morgan fingerprint density at radius 2 is 2.21 bits per heavy atom. The summed E-state index contributed by atoms with van der Waals surface area (Å²) < 4.78 is 14.9. The van der Waals surface area contributed by atoms with Crippen LogP contribution in [-0.2, 0) is 6.54 Å². The highest BCUT2D eigenvalue weighted by molar-refractivity contribution is 5.32. The molecular weight excluding hydrogens is 247 g/mol. The Morgan fingerprint density at radius 3 is 2.71 bits per heavy atom. The third-order valence-electron chi connectivity index (χ3n) is 2.69. The van der Waals surface area contributed by atoms with Crippen LogP contribution in [0.5, 0.6) is 0 Å². The quantitative estimate of drug-likeness (QED) is 0.509. The van der Waals surface area contributed by atoms with E-state index < -0.39 is 0 Å². The molecule has 0 bridgehead atoms. The van der Waals surface area contributed by atoms with Crippen molar-refractivity contribution in [1.29, 1.82) is 0 Å². The van der Waals surface area contributed by atoms with E-state index in [4.69, 9.17) is 5.73 Å². The maximum atomic E-state index is 13.3. The standard InChI is InChI=1S/C10H13FN2.BrH/c11-10-6-9(12)4-5-13(10)7-8-2-1-3-8;/h4-6,8,12H,1-3,7H2;1H. The minimum Gasteiger partial charge on any atom is -1.00 e. The molecule has 0 radical (unpaired) electrons. The van der Waals surface area contributed by atoms with E-state index in [0.29, 0.717) is 11.6 Å². The summed E-state index contributed by atoms with van der Waals surface area (Å²) >= 11 is 0. The second-order valence-corrected chi connectivity index (χ2v) is 3.73. The molecule has 1 aliphatic rings. The van der Waals surface area contributed by atoms with Gasteiger partial charge in [0.25, 0.3) is 0 Å². The van der Waals surface area contributed by atoms with Crippen molar-refractivity contribution in [3.8, 4) is 0 Å². The second-order valence-electron chi connectivity index (χ2n) is 3.73. The van der Waals surface area contributed by atoms with Crippen molar-refractivity contribution in [3.05, 3.63) is 24.3 Å². The van der Waals surface area contributed by atoms with Gasteiger partial charge in [-0.05, 0) is 12.8 Å². The van der Waals surface area contributed by atoms with Gasteiger partial charge in [-0.25, -0.2) is 0 Å². The lowest BCUT2D eigenvalue weighted by atomic mass is 9.85. The summed E-state index contributed by atoms with van der Waals surface area (Å²) in [5.41, 5.74) is 5.94. The predicted molar refractivity (Wildman–Crippen MR) is 48.3 cm³/mol. The molecule has 0 saturated heterocycles. The average molecular weight is 261 g/mol. The Hall–Kier alpha value is -0.640. The SMILES string of the molecule is Nc1cc[n+](CC2CCC2)c(F)c1.[Br-]. The number of hydrogen-bond acceptors (Lipinski definition) is 1. The minimum atomic E-state index is -0.230. The zero-order chi connectivity index (χ0) is 9.26. The van der Waals surface area contributed by atoms with E-state index in [1.54, 1.807) is 16.8 Å². The van der Waals surface area contributed by atoms with E-state index in [9.17, 15) is 4.39 Å². The lowest BCUT2D eigenvalue weighted by Gasteiger charge is -2.21. The van der Waals surface area contributed by atoms with Crippen molar-refractivity contribution >= 4 is 5.69 Å². The van der Waals surface area contributed by atoms with E-state index >= 15 is 0 Å². The van der Waals surface area contributed by atoms with Gasteiger partial charge in [-0.2, -0.15) is 4.57 Å². The highest BCUT2D eigenvalue weighted by Crippen LogP contribution is 2.26. The molecule has 1 aromatic rings. The van der Waals surface area contributed by atoms with Crippen LogP contribution in [0.3, 0.4) is 0 Å². The van der Waals surface area contributed by atoms with Crippen molar-refractivity contribution in [1.82, 2.24) is 0 Å². The minimum absolute atomic E-state index is 0. The van der Waals surface area contributed by atoms with Crippen molar-refractivity contribution in [3.63, 3.8) is 0 Å². The maximum absolute atomic E-state index is 13.3. The van der Waals surface area contributed by atoms with Crippen molar-refractivity contribution in [2.45, 2.75) is 25.8 Å².